The summed E-state index contributed by atoms with van der Waals surface area (Å²) in [5, 5.41) is 0. The molecule has 0 amide bonds. The van der Waals surface area contributed by atoms with Crippen LogP contribution >= 0.6 is 0 Å². The van der Waals surface area contributed by atoms with E-state index in [0.29, 0.717) is 5.92 Å². The quantitative estimate of drug-likeness (QED) is 0.594. The molecule has 1 aliphatic heterocycles. The first-order valence-corrected chi connectivity index (χ1v) is 7.51. The van der Waals surface area contributed by atoms with E-state index >= 15 is 0 Å². The Balaban J connectivity index is 1.97. The van der Waals surface area contributed by atoms with Gasteiger partial charge in [0.25, 0.3) is 0 Å². The Kier molecular flexibility index (Phi) is 6.29. The lowest BCUT2D eigenvalue weighted by Gasteiger charge is -2.26. The molecule has 1 atom stereocenters. The van der Waals surface area contributed by atoms with Crippen molar-refractivity contribution in [1.82, 2.24) is 5.43 Å². The van der Waals surface area contributed by atoms with Gasteiger partial charge < -0.3 is 14.2 Å². The van der Waals surface area contributed by atoms with Gasteiger partial charge >= 0.3 is 0 Å². The van der Waals surface area contributed by atoms with Gasteiger partial charge in [0.1, 0.15) is 0 Å². The van der Waals surface area contributed by atoms with Crippen molar-refractivity contribution in [1.29, 1.82) is 0 Å². The van der Waals surface area contributed by atoms with Crippen LogP contribution in [0.5, 0.6) is 11.5 Å². The first-order chi connectivity index (χ1) is 10.3. The molecule has 1 aromatic rings. The third-order valence-corrected chi connectivity index (χ3v) is 4.12. The van der Waals surface area contributed by atoms with Crippen molar-refractivity contribution >= 4 is 0 Å². The lowest BCUT2D eigenvalue weighted by Crippen LogP contribution is -2.39. The highest BCUT2D eigenvalue weighted by atomic mass is 16.5. The summed E-state index contributed by atoms with van der Waals surface area (Å²) in [6, 6.07) is 6.30. The highest BCUT2D eigenvalue weighted by molar-refractivity contribution is 5.43. The van der Waals surface area contributed by atoms with Crippen LogP contribution in [0.1, 0.15) is 24.8 Å². The minimum Gasteiger partial charge on any atom is -0.493 e. The van der Waals surface area contributed by atoms with Crippen LogP contribution in [0.2, 0.25) is 0 Å². The number of nitrogens with two attached hydrogens (primary N) is 1. The zero-order valence-corrected chi connectivity index (χ0v) is 12.9. The molecule has 118 valence electrons. The van der Waals surface area contributed by atoms with Gasteiger partial charge in [0.15, 0.2) is 11.5 Å². The molecule has 0 radical (unpaired) electrons. The maximum Gasteiger partial charge on any atom is 0.160 e. The third-order valence-electron chi connectivity index (χ3n) is 4.12. The van der Waals surface area contributed by atoms with Crippen molar-refractivity contribution in [3.63, 3.8) is 0 Å². The van der Waals surface area contributed by atoms with Crippen molar-refractivity contribution in [2.75, 3.05) is 27.4 Å². The van der Waals surface area contributed by atoms with Crippen molar-refractivity contribution in [2.45, 2.75) is 31.7 Å². The first-order valence-electron chi connectivity index (χ1n) is 7.51. The predicted molar refractivity (Wildman–Crippen MR) is 82.5 cm³/mol. The van der Waals surface area contributed by atoms with Crippen molar-refractivity contribution in [3.05, 3.63) is 23.8 Å². The number of benzene rings is 1. The number of hydrogen-bond donors (Lipinski definition) is 2. The molecule has 5 nitrogen and oxygen atoms in total. The van der Waals surface area contributed by atoms with Gasteiger partial charge in [0.2, 0.25) is 0 Å². The molecule has 0 saturated carbocycles. The Morgan fingerprint density at radius 2 is 1.95 bits per heavy atom. The molecule has 0 aliphatic carbocycles. The van der Waals surface area contributed by atoms with Gasteiger partial charge in [0, 0.05) is 19.3 Å². The van der Waals surface area contributed by atoms with Crippen LogP contribution in [0.4, 0.5) is 0 Å². The molecule has 1 heterocycles. The minimum absolute atomic E-state index is 0.270. The van der Waals surface area contributed by atoms with Crippen LogP contribution in [0.15, 0.2) is 18.2 Å². The Bertz CT molecular complexity index is 434. The van der Waals surface area contributed by atoms with Crippen LogP contribution in [-0.4, -0.2) is 33.5 Å². The van der Waals surface area contributed by atoms with Gasteiger partial charge in [-0.1, -0.05) is 6.07 Å². The number of rotatable bonds is 7. The van der Waals surface area contributed by atoms with Crippen molar-refractivity contribution < 1.29 is 14.2 Å². The first kappa shape index (κ1) is 16.1. The number of hydrazine groups is 1. The van der Waals surface area contributed by atoms with E-state index in [1.165, 1.54) is 5.56 Å². The summed E-state index contributed by atoms with van der Waals surface area (Å²) in [4.78, 5) is 0. The topological polar surface area (TPSA) is 65.7 Å². The molecule has 1 unspecified atom stereocenters. The summed E-state index contributed by atoms with van der Waals surface area (Å²) in [6.07, 6.45) is 4.22. The highest BCUT2D eigenvalue weighted by Crippen LogP contribution is 2.29. The van der Waals surface area contributed by atoms with Gasteiger partial charge in [-0.3, -0.25) is 11.3 Å². The van der Waals surface area contributed by atoms with E-state index in [1.807, 2.05) is 12.1 Å². The smallest absolute Gasteiger partial charge is 0.160 e. The average Bonchev–Trinajstić information content (AvgIpc) is 2.55. The zero-order valence-electron chi connectivity index (χ0n) is 12.9. The summed E-state index contributed by atoms with van der Waals surface area (Å²) in [5.74, 6) is 7.94. The Labute approximate surface area is 126 Å². The van der Waals surface area contributed by atoms with Gasteiger partial charge in [0.05, 0.1) is 14.2 Å². The van der Waals surface area contributed by atoms with Gasteiger partial charge in [-0.25, -0.2) is 0 Å². The second-order valence-electron chi connectivity index (χ2n) is 5.55. The molecule has 1 fully saturated rings. The number of hydrogen-bond acceptors (Lipinski definition) is 5. The lowest BCUT2D eigenvalue weighted by atomic mass is 9.90. The molecule has 0 spiro atoms. The Morgan fingerprint density at radius 1 is 1.24 bits per heavy atom. The molecule has 0 bridgehead atoms. The van der Waals surface area contributed by atoms with Crippen molar-refractivity contribution in [2.24, 2.45) is 11.8 Å². The summed E-state index contributed by atoms with van der Waals surface area (Å²) in [7, 11) is 3.30. The second-order valence-corrected chi connectivity index (χ2v) is 5.55. The molecule has 0 aromatic heterocycles. The SMILES string of the molecule is COc1ccc(CC(CC2CCOCC2)NN)cc1OC. The lowest BCUT2D eigenvalue weighted by molar-refractivity contribution is 0.0605. The van der Waals surface area contributed by atoms with Crippen LogP contribution in [0.25, 0.3) is 0 Å². The van der Waals surface area contributed by atoms with Crippen LogP contribution in [-0.2, 0) is 11.2 Å². The fraction of sp³-hybridized carbons (Fsp3) is 0.625. The van der Waals surface area contributed by atoms with E-state index in [4.69, 9.17) is 20.1 Å². The molecule has 2 rings (SSSR count). The number of nitrogens with one attached hydrogen (secondary N) is 1. The molecule has 1 aliphatic rings. The van der Waals surface area contributed by atoms with Gasteiger partial charge in [-0.05, 0) is 49.3 Å². The third kappa shape index (κ3) is 4.59. The van der Waals surface area contributed by atoms with E-state index in [9.17, 15) is 0 Å². The monoisotopic (exact) mass is 294 g/mol. The predicted octanol–water partition coefficient (Wildman–Crippen LogP) is 1.89. The largest absolute Gasteiger partial charge is 0.493 e. The van der Waals surface area contributed by atoms with Crippen LogP contribution < -0.4 is 20.7 Å². The average molecular weight is 294 g/mol. The van der Waals surface area contributed by atoms with E-state index in [1.54, 1.807) is 14.2 Å². The maximum atomic E-state index is 5.73. The maximum absolute atomic E-state index is 5.73. The standard InChI is InChI=1S/C16H26N2O3/c1-19-15-4-3-13(11-16(15)20-2)10-14(18-17)9-12-5-7-21-8-6-12/h3-4,11-12,14,18H,5-10,17H2,1-2H3. The fourth-order valence-corrected chi connectivity index (χ4v) is 2.89. The summed E-state index contributed by atoms with van der Waals surface area (Å²) in [5.41, 5.74) is 4.15. The number of methoxy groups -OCH3 is 2. The second kappa shape index (κ2) is 8.22. The summed E-state index contributed by atoms with van der Waals surface area (Å²) in [6.45, 7) is 1.75. The zero-order chi connectivity index (χ0) is 15.1. The van der Waals surface area contributed by atoms with Gasteiger partial charge in [-0.15, -0.1) is 0 Å². The van der Waals surface area contributed by atoms with E-state index in [2.05, 4.69) is 11.5 Å². The Morgan fingerprint density at radius 3 is 2.57 bits per heavy atom. The normalized spacial score (nSPS) is 17.5. The fourth-order valence-electron chi connectivity index (χ4n) is 2.89. The summed E-state index contributed by atoms with van der Waals surface area (Å²) < 4.78 is 16.0. The van der Waals surface area contributed by atoms with Gasteiger partial charge in [-0.2, -0.15) is 0 Å². The van der Waals surface area contributed by atoms with Crippen molar-refractivity contribution in [3.8, 4) is 11.5 Å². The molecule has 5 heteroatoms. The summed E-state index contributed by atoms with van der Waals surface area (Å²) >= 11 is 0. The van der Waals surface area contributed by atoms with Crippen LogP contribution in [0, 0.1) is 5.92 Å². The van der Waals surface area contributed by atoms with Crippen LogP contribution in [0.3, 0.4) is 0 Å². The van der Waals surface area contributed by atoms with E-state index < -0.39 is 0 Å². The Hall–Kier alpha value is -1.30. The minimum atomic E-state index is 0.270. The molecule has 1 saturated heterocycles. The number of ether oxygens (including phenoxy) is 3. The highest BCUT2D eigenvalue weighted by Gasteiger charge is 2.19. The molecule has 1 aromatic carbocycles. The molecular formula is C16H26N2O3. The van der Waals surface area contributed by atoms with E-state index in [-0.39, 0.29) is 6.04 Å². The molecule has 3 N–H and O–H groups in total. The van der Waals surface area contributed by atoms with E-state index in [0.717, 1.165) is 50.4 Å². The molecular weight excluding hydrogens is 268 g/mol. The molecule has 21 heavy (non-hydrogen) atoms.